The fraction of sp³-hybridized carbons (Fsp3) is 0.250. The van der Waals surface area contributed by atoms with Gasteiger partial charge in [0.25, 0.3) is 5.91 Å². The Morgan fingerprint density at radius 1 is 1.00 bits per heavy atom. The van der Waals surface area contributed by atoms with E-state index in [0.29, 0.717) is 17.5 Å². The fourth-order valence-electron chi connectivity index (χ4n) is 6.64. The largest absolute Gasteiger partial charge is 0.511 e. The first-order chi connectivity index (χ1) is 19.5. The number of phenols is 1. The summed E-state index contributed by atoms with van der Waals surface area (Å²) in [4.78, 5) is 51.2. The van der Waals surface area contributed by atoms with Crippen LogP contribution in [0.3, 0.4) is 0 Å². The third kappa shape index (κ3) is 3.95. The lowest BCUT2D eigenvalue weighted by Crippen LogP contribution is -2.57. The Labute approximate surface area is 234 Å². The highest BCUT2D eigenvalue weighted by Gasteiger charge is 2.59. The summed E-state index contributed by atoms with van der Waals surface area (Å²) in [6.45, 7) is 0. The maximum Gasteiger partial charge on any atom is 0.255 e. The molecule has 9 heteroatoms. The number of ketones is 3. The van der Waals surface area contributed by atoms with E-state index in [1.54, 1.807) is 6.07 Å². The number of aromatic hydroxyl groups is 1. The van der Waals surface area contributed by atoms with Crippen molar-refractivity contribution in [3.63, 3.8) is 0 Å². The van der Waals surface area contributed by atoms with E-state index >= 15 is 0 Å². The second-order valence-corrected chi connectivity index (χ2v) is 11.0. The molecule has 1 amide bonds. The molecule has 6 rings (SSSR count). The molecule has 0 aromatic heterocycles. The number of allylic oxidation sites excluding steroid dienone is 6. The number of benzene rings is 2. The number of amides is 1. The van der Waals surface area contributed by atoms with Crippen LogP contribution in [0.4, 0.5) is 0 Å². The molecule has 0 bridgehead atoms. The van der Waals surface area contributed by atoms with Gasteiger partial charge in [0.15, 0.2) is 17.2 Å². The van der Waals surface area contributed by atoms with E-state index in [2.05, 4.69) is 0 Å². The Kier molecular flexibility index (Phi) is 6.08. The van der Waals surface area contributed by atoms with E-state index in [0.717, 1.165) is 16.7 Å². The van der Waals surface area contributed by atoms with Gasteiger partial charge in [-0.1, -0.05) is 48.6 Å². The highest BCUT2D eigenvalue weighted by atomic mass is 16.3. The number of Topliss-reactive ketones (excluding diaryl/α,β-unsaturated/α-hetero) is 3. The van der Waals surface area contributed by atoms with Gasteiger partial charge in [-0.2, -0.15) is 0 Å². The Bertz CT molecular complexity index is 1690. The van der Waals surface area contributed by atoms with E-state index in [-0.39, 0.29) is 48.4 Å². The monoisotopic (exact) mass is 553 g/mol. The van der Waals surface area contributed by atoms with Gasteiger partial charge in [-0.15, -0.1) is 0 Å². The Balaban J connectivity index is 1.37. The van der Waals surface area contributed by atoms with Crippen molar-refractivity contribution in [2.45, 2.75) is 37.7 Å². The molecule has 4 aliphatic carbocycles. The smallest absolute Gasteiger partial charge is 0.255 e. The van der Waals surface area contributed by atoms with E-state index in [1.165, 1.54) is 6.07 Å². The maximum absolute atomic E-state index is 13.8. The van der Waals surface area contributed by atoms with Gasteiger partial charge in [0, 0.05) is 24.3 Å². The lowest BCUT2D eigenvalue weighted by molar-refractivity contribution is -0.144. The average Bonchev–Trinajstić information content (AvgIpc) is 3.47. The predicted octanol–water partition coefficient (Wildman–Crippen LogP) is 3.25. The van der Waals surface area contributed by atoms with E-state index in [9.17, 15) is 39.6 Å². The fourth-order valence-corrected chi connectivity index (χ4v) is 6.64. The van der Waals surface area contributed by atoms with E-state index in [1.807, 2.05) is 42.5 Å². The second-order valence-electron chi connectivity index (χ2n) is 11.0. The molecule has 9 nitrogen and oxygen atoms in total. The number of primary amides is 1. The van der Waals surface area contributed by atoms with Crippen molar-refractivity contribution in [2.75, 3.05) is 0 Å². The highest BCUT2D eigenvalue weighted by Crippen LogP contribution is 2.52. The molecule has 0 radical (unpaired) electrons. The Morgan fingerprint density at radius 2 is 1.73 bits per heavy atom. The lowest BCUT2D eigenvalue weighted by Gasteiger charge is -2.45. The summed E-state index contributed by atoms with van der Waals surface area (Å²) in [5, 5.41) is 43.6. The summed E-state index contributed by atoms with van der Waals surface area (Å²) < 4.78 is 0. The molecule has 2 aromatic rings. The summed E-state index contributed by atoms with van der Waals surface area (Å²) in [7, 11) is 0. The molecule has 0 unspecified atom stereocenters. The van der Waals surface area contributed by atoms with E-state index < -0.39 is 52.0 Å². The molecule has 0 saturated carbocycles. The average molecular weight is 554 g/mol. The Morgan fingerprint density at radius 3 is 2.39 bits per heavy atom. The van der Waals surface area contributed by atoms with Crippen molar-refractivity contribution in [3.05, 3.63) is 99.6 Å². The second kappa shape index (κ2) is 9.42. The van der Waals surface area contributed by atoms with Crippen LogP contribution in [0.25, 0.3) is 11.1 Å². The van der Waals surface area contributed by atoms with Crippen LogP contribution in [0.15, 0.2) is 82.9 Å². The SMILES string of the molecule is NC(=O)C1=C(O)C[C@@H]2C[C@@H]3Cc4c(-c5ccc(CC(=O)C6=CC=CC6)cc5)ccc(O)c4C(=O)C3=C(O)[C@]2(O)C1=O. The minimum Gasteiger partial charge on any atom is -0.511 e. The van der Waals surface area contributed by atoms with Gasteiger partial charge in [0.2, 0.25) is 5.78 Å². The lowest BCUT2D eigenvalue weighted by atomic mass is 9.60. The number of carbonyl (C=O) groups is 4. The normalized spacial score (nSPS) is 25.0. The van der Waals surface area contributed by atoms with Gasteiger partial charge >= 0.3 is 0 Å². The first-order valence-corrected chi connectivity index (χ1v) is 13.3. The summed E-state index contributed by atoms with van der Waals surface area (Å²) in [5.74, 6) is -6.55. The topological polar surface area (TPSA) is 175 Å². The molecule has 208 valence electrons. The number of carbonyl (C=O) groups excluding carboxylic acids is 4. The van der Waals surface area contributed by atoms with Crippen molar-refractivity contribution in [3.8, 4) is 16.9 Å². The van der Waals surface area contributed by atoms with Crippen LogP contribution in [-0.4, -0.2) is 49.3 Å². The first kappa shape index (κ1) is 26.5. The summed E-state index contributed by atoms with van der Waals surface area (Å²) >= 11 is 0. The highest BCUT2D eigenvalue weighted by molar-refractivity contribution is 6.24. The maximum atomic E-state index is 13.8. The molecule has 41 heavy (non-hydrogen) atoms. The van der Waals surface area contributed by atoms with Gasteiger partial charge in [0.05, 0.1) is 5.56 Å². The third-order valence-electron chi connectivity index (χ3n) is 8.70. The van der Waals surface area contributed by atoms with Crippen LogP contribution >= 0.6 is 0 Å². The van der Waals surface area contributed by atoms with Crippen molar-refractivity contribution in [2.24, 2.45) is 17.6 Å². The number of fused-ring (bicyclic) bond motifs is 3. The zero-order valence-electron chi connectivity index (χ0n) is 21.9. The van der Waals surface area contributed by atoms with Crippen LogP contribution in [-0.2, 0) is 27.2 Å². The van der Waals surface area contributed by atoms with Crippen molar-refractivity contribution in [1.29, 1.82) is 0 Å². The quantitative estimate of drug-likeness (QED) is 0.351. The summed E-state index contributed by atoms with van der Waals surface area (Å²) in [5.41, 5.74) is 5.19. The van der Waals surface area contributed by atoms with Crippen molar-refractivity contribution < 1.29 is 39.6 Å². The zero-order valence-corrected chi connectivity index (χ0v) is 21.9. The molecular formula is C32H27NO8. The predicted molar refractivity (Wildman–Crippen MR) is 147 cm³/mol. The molecule has 0 aliphatic heterocycles. The van der Waals surface area contributed by atoms with Gasteiger partial charge in [-0.25, -0.2) is 0 Å². The van der Waals surface area contributed by atoms with Gasteiger partial charge in [-0.05, 0) is 59.1 Å². The number of nitrogens with two attached hydrogens (primary N) is 1. The number of aliphatic hydroxyl groups is 3. The van der Waals surface area contributed by atoms with Crippen LogP contribution in [0, 0.1) is 11.8 Å². The minimum absolute atomic E-state index is 0.0425. The number of rotatable bonds is 5. The molecule has 3 atom stereocenters. The molecule has 6 N–H and O–H groups in total. The first-order valence-electron chi connectivity index (χ1n) is 13.3. The van der Waals surface area contributed by atoms with Crippen LogP contribution < -0.4 is 5.73 Å². The summed E-state index contributed by atoms with van der Waals surface area (Å²) in [6, 6.07) is 10.4. The molecule has 4 aliphatic rings. The molecular weight excluding hydrogens is 526 g/mol. The van der Waals surface area contributed by atoms with Gasteiger partial charge in [0.1, 0.15) is 22.8 Å². The third-order valence-corrected chi connectivity index (χ3v) is 8.70. The van der Waals surface area contributed by atoms with Crippen molar-refractivity contribution >= 4 is 23.3 Å². The zero-order chi connectivity index (χ0) is 29.2. The van der Waals surface area contributed by atoms with Crippen LogP contribution in [0.2, 0.25) is 0 Å². The summed E-state index contributed by atoms with van der Waals surface area (Å²) in [6.07, 6.45) is 6.49. The standard InChI is InChI=1S/C32H27NO8/c33-31(40)27-24(36)14-19-12-18-13-21-20(16-7-5-15(6-8-16)11-23(35)17-3-1-2-4-17)9-10-22(34)26(21)28(37)25(18)29(38)32(19,41)30(27)39/h1-3,5-10,18-19,34,36,38,41H,4,11-14H2,(H2,33,40)/t18-,19+,32+/m1/s1. The number of phenolic OH excluding ortho intramolecular Hbond substituents is 1. The van der Waals surface area contributed by atoms with Crippen LogP contribution in [0.1, 0.15) is 40.7 Å². The number of hydrogen-bond donors (Lipinski definition) is 5. The van der Waals surface area contributed by atoms with Gasteiger partial charge in [-0.3, -0.25) is 19.2 Å². The minimum atomic E-state index is -2.60. The molecule has 0 heterocycles. The molecule has 0 saturated heterocycles. The van der Waals surface area contributed by atoms with Crippen molar-refractivity contribution in [1.82, 2.24) is 0 Å². The van der Waals surface area contributed by atoms with Gasteiger partial charge < -0.3 is 26.2 Å². The van der Waals surface area contributed by atoms with E-state index in [4.69, 9.17) is 5.73 Å². The molecule has 2 aromatic carbocycles. The number of hydrogen-bond acceptors (Lipinski definition) is 8. The van der Waals surface area contributed by atoms with Crippen LogP contribution in [0.5, 0.6) is 5.75 Å². The molecule has 0 fully saturated rings. The molecule has 0 spiro atoms. The number of aliphatic hydroxyl groups excluding tert-OH is 2. The Hall–Kier alpha value is -4.76.